The molecule has 2 aliphatic rings. The van der Waals surface area contributed by atoms with Crippen LogP contribution in [-0.4, -0.2) is 10.7 Å². The highest BCUT2D eigenvalue weighted by atomic mass is 16.3. The van der Waals surface area contributed by atoms with Gasteiger partial charge >= 0.3 is 0 Å². The average molecular weight is 286 g/mol. The molecule has 0 bridgehead atoms. The van der Waals surface area contributed by atoms with Crippen molar-refractivity contribution in [2.24, 2.45) is 11.3 Å². The molecule has 1 saturated carbocycles. The number of fused-ring (bicyclic) bond motifs is 2. The summed E-state index contributed by atoms with van der Waals surface area (Å²) in [5.41, 5.74) is 4.11. The lowest BCUT2D eigenvalue weighted by molar-refractivity contribution is -0.102. The smallest absolute Gasteiger partial charge is 0.0721 e. The maximum atomic E-state index is 11.3. The monoisotopic (exact) mass is 286 g/mol. The summed E-state index contributed by atoms with van der Waals surface area (Å²) < 4.78 is 0. The SMILES string of the molecule is CC(C)c1ccc2c(c1)CC[C@H]1C(C)(C)CCC[C@]1(O)C2. The van der Waals surface area contributed by atoms with Gasteiger partial charge in [-0.15, -0.1) is 0 Å². The third-order valence-electron chi connectivity index (χ3n) is 6.12. The lowest BCUT2D eigenvalue weighted by Gasteiger charge is -2.49. The first kappa shape index (κ1) is 15.1. The van der Waals surface area contributed by atoms with Crippen LogP contribution in [0.5, 0.6) is 0 Å². The quantitative estimate of drug-likeness (QED) is 0.782. The van der Waals surface area contributed by atoms with Gasteiger partial charge in [0.15, 0.2) is 0 Å². The molecule has 1 fully saturated rings. The highest BCUT2D eigenvalue weighted by Crippen LogP contribution is 2.51. The maximum absolute atomic E-state index is 11.3. The minimum Gasteiger partial charge on any atom is -0.389 e. The molecule has 0 radical (unpaired) electrons. The Labute approximate surface area is 129 Å². The Morgan fingerprint density at radius 2 is 1.90 bits per heavy atom. The summed E-state index contributed by atoms with van der Waals surface area (Å²) >= 11 is 0. The number of aryl methyl sites for hydroxylation is 1. The molecule has 116 valence electrons. The maximum Gasteiger partial charge on any atom is 0.0721 e. The van der Waals surface area contributed by atoms with E-state index in [1.165, 1.54) is 29.5 Å². The van der Waals surface area contributed by atoms with E-state index in [2.05, 4.69) is 45.9 Å². The molecule has 21 heavy (non-hydrogen) atoms. The predicted octanol–water partition coefficient (Wildman–Crippen LogP) is 4.86. The van der Waals surface area contributed by atoms with Crippen molar-refractivity contribution < 1.29 is 5.11 Å². The van der Waals surface area contributed by atoms with E-state index in [9.17, 15) is 5.11 Å². The first-order valence-corrected chi connectivity index (χ1v) is 8.66. The van der Waals surface area contributed by atoms with Gasteiger partial charge in [0, 0.05) is 6.42 Å². The molecule has 0 aromatic heterocycles. The van der Waals surface area contributed by atoms with Gasteiger partial charge in [0.25, 0.3) is 0 Å². The molecule has 1 N–H and O–H groups in total. The van der Waals surface area contributed by atoms with Crippen LogP contribution in [0.25, 0.3) is 0 Å². The second-order valence-corrected chi connectivity index (χ2v) is 8.40. The Bertz CT molecular complexity index is 529. The van der Waals surface area contributed by atoms with Crippen molar-refractivity contribution in [1.82, 2.24) is 0 Å². The van der Waals surface area contributed by atoms with Crippen molar-refractivity contribution in [3.05, 3.63) is 34.9 Å². The second kappa shape index (κ2) is 5.12. The van der Waals surface area contributed by atoms with Gasteiger partial charge in [-0.2, -0.15) is 0 Å². The van der Waals surface area contributed by atoms with E-state index in [0.717, 1.165) is 25.7 Å². The van der Waals surface area contributed by atoms with Crippen LogP contribution < -0.4 is 0 Å². The van der Waals surface area contributed by atoms with Gasteiger partial charge in [0.05, 0.1) is 5.60 Å². The van der Waals surface area contributed by atoms with Crippen molar-refractivity contribution in [3.63, 3.8) is 0 Å². The number of benzene rings is 1. The van der Waals surface area contributed by atoms with Crippen LogP contribution in [0.2, 0.25) is 0 Å². The van der Waals surface area contributed by atoms with Crippen molar-refractivity contribution in [2.45, 2.75) is 77.7 Å². The van der Waals surface area contributed by atoms with Crippen LogP contribution >= 0.6 is 0 Å². The largest absolute Gasteiger partial charge is 0.389 e. The van der Waals surface area contributed by atoms with E-state index in [1.54, 1.807) is 0 Å². The number of hydrogen-bond donors (Lipinski definition) is 1. The molecule has 0 spiro atoms. The first-order valence-electron chi connectivity index (χ1n) is 8.66. The Balaban J connectivity index is 1.97. The van der Waals surface area contributed by atoms with Gasteiger partial charge in [0.2, 0.25) is 0 Å². The zero-order valence-corrected chi connectivity index (χ0v) is 14.1. The Hall–Kier alpha value is -0.820. The molecule has 2 atom stereocenters. The van der Waals surface area contributed by atoms with E-state index >= 15 is 0 Å². The molecule has 2 aliphatic carbocycles. The molecule has 1 aromatic carbocycles. The van der Waals surface area contributed by atoms with Crippen molar-refractivity contribution in [2.75, 3.05) is 0 Å². The fourth-order valence-corrected chi connectivity index (χ4v) is 4.84. The van der Waals surface area contributed by atoms with E-state index in [0.29, 0.717) is 11.8 Å². The standard InChI is InChI=1S/C20H30O/c1-14(2)15-6-7-17-13-20(21)11-5-10-19(3,4)18(20)9-8-16(17)12-15/h6-7,12,14,18,21H,5,8-11,13H2,1-4H3/t18-,20-/m0/s1. The lowest BCUT2D eigenvalue weighted by Crippen LogP contribution is -2.49. The van der Waals surface area contributed by atoms with E-state index in [-0.39, 0.29) is 5.41 Å². The molecule has 1 aromatic rings. The van der Waals surface area contributed by atoms with Crippen molar-refractivity contribution in [3.8, 4) is 0 Å². The molecule has 3 rings (SSSR count). The highest BCUT2D eigenvalue weighted by Gasteiger charge is 2.49. The third kappa shape index (κ3) is 2.65. The molecule has 0 amide bonds. The second-order valence-electron chi connectivity index (χ2n) is 8.40. The van der Waals surface area contributed by atoms with Crippen LogP contribution in [0.4, 0.5) is 0 Å². The number of rotatable bonds is 1. The fraction of sp³-hybridized carbons (Fsp3) is 0.700. The van der Waals surface area contributed by atoms with Gasteiger partial charge < -0.3 is 5.11 Å². The normalized spacial score (nSPS) is 31.4. The molecule has 1 nitrogen and oxygen atoms in total. The van der Waals surface area contributed by atoms with Crippen LogP contribution in [0.15, 0.2) is 18.2 Å². The van der Waals surface area contributed by atoms with Crippen LogP contribution in [0.1, 0.15) is 76.0 Å². The number of aliphatic hydroxyl groups is 1. The minimum atomic E-state index is -0.480. The Kier molecular flexibility index (Phi) is 3.68. The zero-order chi connectivity index (χ0) is 15.3. The Morgan fingerprint density at radius 3 is 2.62 bits per heavy atom. The van der Waals surface area contributed by atoms with Crippen LogP contribution in [-0.2, 0) is 12.8 Å². The third-order valence-corrected chi connectivity index (χ3v) is 6.12. The van der Waals surface area contributed by atoms with E-state index in [4.69, 9.17) is 0 Å². The topological polar surface area (TPSA) is 20.2 Å². The van der Waals surface area contributed by atoms with Gasteiger partial charge in [-0.05, 0) is 59.6 Å². The van der Waals surface area contributed by atoms with Gasteiger partial charge in [0.1, 0.15) is 0 Å². The molecule has 0 saturated heterocycles. The first-order chi connectivity index (χ1) is 9.82. The average Bonchev–Trinajstić information content (AvgIpc) is 2.53. The molecule has 0 heterocycles. The summed E-state index contributed by atoms with van der Waals surface area (Å²) in [5.74, 6) is 1.02. The Morgan fingerprint density at radius 1 is 1.14 bits per heavy atom. The van der Waals surface area contributed by atoms with Gasteiger partial charge in [-0.3, -0.25) is 0 Å². The predicted molar refractivity (Wildman–Crippen MR) is 88.6 cm³/mol. The molecular weight excluding hydrogens is 256 g/mol. The van der Waals surface area contributed by atoms with Crippen LogP contribution in [0.3, 0.4) is 0 Å². The van der Waals surface area contributed by atoms with Crippen molar-refractivity contribution in [1.29, 1.82) is 0 Å². The van der Waals surface area contributed by atoms with Crippen LogP contribution in [0, 0.1) is 11.3 Å². The molecular formula is C20H30O. The summed E-state index contributed by atoms with van der Waals surface area (Å²) in [4.78, 5) is 0. The van der Waals surface area contributed by atoms with E-state index in [1.807, 2.05) is 0 Å². The lowest BCUT2D eigenvalue weighted by atomic mass is 9.59. The van der Waals surface area contributed by atoms with E-state index < -0.39 is 5.60 Å². The molecule has 0 aliphatic heterocycles. The summed E-state index contributed by atoms with van der Waals surface area (Å²) in [6.07, 6.45) is 6.53. The van der Waals surface area contributed by atoms with Crippen molar-refractivity contribution >= 4 is 0 Å². The molecule has 0 unspecified atom stereocenters. The highest BCUT2D eigenvalue weighted by molar-refractivity contribution is 5.36. The number of hydrogen-bond acceptors (Lipinski definition) is 1. The summed E-state index contributed by atoms with van der Waals surface area (Å²) in [6.45, 7) is 9.23. The van der Waals surface area contributed by atoms with Gasteiger partial charge in [-0.25, -0.2) is 0 Å². The zero-order valence-electron chi connectivity index (χ0n) is 14.1. The summed E-state index contributed by atoms with van der Waals surface area (Å²) in [7, 11) is 0. The molecule has 1 heteroatoms. The fourth-order valence-electron chi connectivity index (χ4n) is 4.84. The summed E-state index contributed by atoms with van der Waals surface area (Å²) in [5, 5.41) is 11.3. The van der Waals surface area contributed by atoms with Gasteiger partial charge in [-0.1, -0.05) is 52.3 Å². The summed E-state index contributed by atoms with van der Waals surface area (Å²) in [6, 6.07) is 6.95. The minimum absolute atomic E-state index is 0.274.